The van der Waals surface area contributed by atoms with Gasteiger partial charge in [-0.1, -0.05) is 56.3 Å². The molecule has 0 aliphatic carbocycles. The van der Waals surface area contributed by atoms with E-state index in [1.54, 1.807) is 0 Å². The van der Waals surface area contributed by atoms with Crippen molar-refractivity contribution in [3.63, 3.8) is 0 Å². The van der Waals surface area contributed by atoms with E-state index in [0.717, 1.165) is 75.7 Å². The van der Waals surface area contributed by atoms with Crippen LogP contribution in [0.2, 0.25) is 0 Å². The predicted molar refractivity (Wildman–Crippen MR) is 221 cm³/mol. The summed E-state index contributed by atoms with van der Waals surface area (Å²) in [5, 5.41) is 7.65. The number of imidazole rings is 2. The number of H-pyrrole nitrogens is 2. The predicted octanol–water partition coefficient (Wildman–Crippen LogP) is 6.63. The highest BCUT2D eigenvalue weighted by atomic mass is 16.5. The Labute approximate surface area is 342 Å². The molecule has 0 radical (unpaired) electrons. The number of carbonyl (C=O) groups is 4. The molecule has 8 rings (SSSR count). The van der Waals surface area contributed by atoms with Gasteiger partial charge in [0.25, 0.3) is 0 Å². The molecule has 5 heterocycles. The topological polar surface area (TPSA) is 184 Å². The van der Waals surface area contributed by atoms with E-state index in [1.165, 1.54) is 14.2 Å². The van der Waals surface area contributed by atoms with Gasteiger partial charge in [0.05, 0.1) is 49.2 Å². The van der Waals surface area contributed by atoms with Crippen molar-refractivity contribution in [2.45, 2.75) is 76.5 Å². The maximum atomic E-state index is 14.1. The van der Waals surface area contributed by atoms with Gasteiger partial charge in [0, 0.05) is 31.9 Å². The third kappa shape index (κ3) is 7.95. The molecule has 2 aromatic heterocycles. The van der Waals surface area contributed by atoms with E-state index in [9.17, 15) is 19.2 Å². The molecule has 15 heteroatoms. The highest BCUT2D eigenvalue weighted by Crippen LogP contribution is 2.39. The first-order chi connectivity index (χ1) is 28.6. The molecule has 59 heavy (non-hydrogen) atoms. The van der Waals surface area contributed by atoms with Crippen molar-refractivity contribution in [1.82, 2.24) is 40.4 Å². The summed E-state index contributed by atoms with van der Waals surface area (Å²) in [7, 11) is 2.60. The van der Waals surface area contributed by atoms with Gasteiger partial charge in [0.15, 0.2) is 0 Å². The third-order valence-electron chi connectivity index (χ3n) is 12.2. The Balaban J connectivity index is 1.04. The van der Waals surface area contributed by atoms with Crippen molar-refractivity contribution in [3.8, 4) is 22.4 Å². The fourth-order valence-corrected chi connectivity index (χ4v) is 9.10. The number of aromatic amines is 2. The second kappa shape index (κ2) is 17.1. The molecule has 0 saturated carbocycles. The monoisotopic (exact) mass is 804 g/mol. The summed E-state index contributed by atoms with van der Waals surface area (Å²) in [6, 6.07) is 16.8. The molecule has 3 fully saturated rings. The van der Waals surface area contributed by atoms with Crippen molar-refractivity contribution < 1.29 is 33.4 Å². The molecule has 3 aliphatic heterocycles. The van der Waals surface area contributed by atoms with E-state index in [1.807, 2.05) is 42.0 Å². The number of alkyl carbamates (subject to hydrolysis) is 2. The zero-order valence-corrected chi connectivity index (χ0v) is 34.0. The van der Waals surface area contributed by atoms with Crippen LogP contribution in [0.1, 0.15) is 76.1 Å². The lowest BCUT2D eigenvalue weighted by Crippen LogP contribution is -2.53. The van der Waals surface area contributed by atoms with Gasteiger partial charge in [-0.25, -0.2) is 19.6 Å². The first kappa shape index (κ1) is 39.8. The molecule has 15 nitrogen and oxygen atoms in total. The molecule has 3 saturated heterocycles. The molecule has 3 aromatic carbocycles. The van der Waals surface area contributed by atoms with Crippen LogP contribution in [0.4, 0.5) is 9.59 Å². The first-order valence-electron chi connectivity index (χ1n) is 20.6. The maximum absolute atomic E-state index is 14.1. The lowest BCUT2D eigenvalue weighted by atomic mass is 9.90. The van der Waals surface area contributed by atoms with Crippen molar-refractivity contribution in [3.05, 3.63) is 72.4 Å². The second-order valence-electron chi connectivity index (χ2n) is 16.0. The third-order valence-corrected chi connectivity index (χ3v) is 12.2. The van der Waals surface area contributed by atoms with Crippen LogP contribution in [0.25, 0.3) is 44.2 Å². The zero-order valence-electron chi connectivity index (χ0n) is 34.0. The van der Waals surface area contributed by atoms with E-state index in [0.29, 0.717) is 45.0 Å². The zero-order chi connectivity index (χ0) is 41.2. The van der Waals surface area contributed by atoms with Crippen LogP contribution in [0, 0.1) is 11.8 Å². The van der Waals surface area contributed by atoms with Crippen LogP contribution in [-0.4, -0.2) is 106 Å². The number of methoxy groups -OCH3 is 2. The van der Waals surface area contributed by atoms with E-state index >= 15 is 0 Å². The van der Waals surface area contributed by atoms with Crippen LogP contribution in [0.3, 0.4) is 0 Å². The number of fused-ring (bicyclic) bond motifs is 2. The van der Waals surface area contributed by atoms with Gasteiger partial charge < -0.3 is 44.6 Å². The minimum Gasteiger partial charge on any atom is -0.453 e. The van der Waals surface area contributed by atoms with Gasteiger partial charge in [0.2, 0.25) is 11.8 Å². The number of likely N-dealkylation sites (tertiary alicyclic amines) is 2. The number of ether oxygens (including phenoxy) is 3. The Morgan fingerprint density at radius 1 is 0.780 bits per heavy atom. The molecular formula is C44H52N8O7. The summed E-state index contributed by atoms with van der Waals surface area (Å²) in [5.41, 5.74) is 5.58. The fraction of sp³-hybridized carbons (Fsp3) is 0.455. The number of aromatic nitrogens is 4. The Bertz CT molecular complexity index is 2350. The Kier molecular flexibility index (Phi) is 11.5. The molecule has 310 valence electrons. The number of hydrogen-bond donors (Lipinski definition) is 4. The minimum absolute atomic E-state index is 0.0427. The van der Waals surface area contributed by atoms with Gasteiger partial charge in [-0.2, -0.15) is 0 Å². The number of carbonyl (C=O) groups excluding carboxylic acids is 4. The van der Waals surface area contributed by atoms with Crippen LogP contribution in [0.15, 0.2) is 60.8 Å². The highest BCUT2D eigenvalue weighted by molar-refractivity contribution is 6.04. The first-order valence-corrected chi connectivity index (χ1v) is 20.6. The van der Waals surface area contributed by atoms with Gasteiger partial charge in [-0.15, -0.1) is 0 Å². The quantitative estimate of drug-likeness (QED) is 0.120. The maximum Gasteiger partial charge on any atom is 0.407 e. The fourth-order valence-electron chi connectivity index (χ4n) is 9.10. The molecule has 0 bridgehead atoms. The number of hydrogen-bond acceptors (Lipinski definition) is 9. The molecule has 4 atom stereocenters. The normalized spacial score (nSPS) is 19.6. The summed E-state index contributed by atoms with van der Waals surface area (Å²) >= 11 is 0. The molecule has 4 N–H and O–H groups in total. The Morgan fingerprint density at radius 2 is 1.42 bits per heavy atom. The average molecular weight is 805 g/mol. The van der Waals surface area contributed by atoms with Gasteiger partial charge >= 0.3 is 12.2 Å². The molecule has 4 amide bonds. The summed E-state index contributed by atoms with van der Waals surface area (Å²) in [4.78, 5) is 72.8. The van der Waals surface area contributed by atoms with Crippen molar-refractivity contribution in [1.29, 1.82) is 0 Å². The summed E-state index contributed by atoms with van der Waals surface area (Å²) in [5.74, 6) is 1.00. The van der Waals surface area contributed by atoms with Gasteiger partial charge in [-0.3, -0.25) is 9.59 Å². The largest absolute Gasteiger partial charge is 0.453 e. The SMILES string of the molecule is COC(=O)N[C@H](C(=O)N1CCC[C@H]1c1nc2ccc(-c3cccc4c(-c5cnc([C@@H]6CCCN6C(=O)[C@@H](NC(=O)OC)C6CCOCC6)[nH]5)cccc34)cc2[nH]1)C(C)C. The van der Waals surface area contributed by atoms with Crippen LogP contribution in [-0.2, 0) is 23.8 Å². The van der Waals surface area contributed by atoms with Crippen molar-refractivity contribution in [2.24, 2.45) is 11.8 Å². The molecule has 0 spiro atoms. The second-order valence-corrected chi connectivity index (χ2v) is 16.0. The number of nitrogens with one attached hydrogen (secondary N) is 4. The number of benzene rings is 3. The van der Waals surface area contributed by atoms with Crippen molar-refractivity contribution in [2.75, 3.05) is 40.5 Å². The smallest absolute Gasteiger partial charge is 0.407 e. The van der Waals surface area contributed by atoms with E-state index in [-0.39, 0.29) is 35.7 Å². The van der Waals surface area contributed by atoms with E-state index in [4.69, 9.17) is 24.2 Å². The highest BCUT2D eigenvalue weighted by Gasteiger charge is 2.41. The number of rotatable bonds is 10. The van der Waals surface area contributed by atoms with E-state index < -0.39 is 24.3 Å². The minimum atomic E-state index is -0.706. The Morgan fingerprint density at radius 3 is 2.12 bits per heavy atom. The standard InChI is InChI=1S/C44H52N8O7/c1-25(2)37(49-43(55)57-3)41(53)52-20-8-14-36(52)40-46-32-16-15-27(23-33(32)47-40)28-9-5-11-30-29(28)10-6-12-31(30)34-24-45-39(48-34)35-13-7-19-51(35)42(54)38(50-44(56)58-4)26-17-21-59-22-18-26/h5-6,9-12,15-16,23-26,35-38H,7-8,13-14,17-22H2,1-4H3,(H,45,48)(H,46,47)(H,49,55)(H,50,56)/t35-,36-,37-,38-/m0/s1. The van der Waals surface area contributed by atoms with Crippen LogP contribution < -0.4 is 10.6 Å². The summed E-state index contributed by atoms with van der Waals surface area (Å²) in [6.07, 6.45) is 5.14. The lowest BCUT2D eigenvalue weighted by Gasteiger charge is -2.34. The number of nitrogens with zero attached hydrogens (tertiary/aromatic N) is 4. The number of amides is 4. The molecular weight excluding hydrogens is 753 g/mol. The molecule has 0 unspecified atom stereocenters. The van der Waals surface area contributed by atoms with Crippen LogP contribution >= 0.6 is 0 Å². The van der Waals surface area contributed by atoms with E-state index in [2.05, 4.69) is 63.1 Å². The average Bonchev–Trinajstić information content (AvgIpc) is 4.10. The summed E-state index contributed by atoms with van der Waals surface area (Å²) < 4.78 is 15.2. The Hall–Kier alpha value is -5.96. The van der Waals surface area contributed by atoms with Crippen molar-refractivity contribution >= 4 is 45.8 Å². The van der Waals surface area contributed by atoms with Gasteiger partial charge in [-0.05, 0) is 84.4 Å². The summed E-state index contributed by atoms with van der Waals surface area (Å²) in [6.45, 7) is 6.07. The lowest BCUT2D eigenvalue weighted by molar-refractivity contribution is -0.137. The van der Waals surface area contributed by atoms with Crippen LogP contribution in [0.5, 0.6) is 0 Å². The molecule has 5 aromatic rings. The van der Waals surface area contributed by atoms with Gasteiger partial charge in [0.1, 0.15) is 23.7 Å². The molecule has 3 aliphatic rings.